The smallest absolute Gasteiger partial charge is 0.0522 e. The van der Waals surface area contributed by atoms with E-state index in [1.54, 1.807) is 0 Å². The molecule has 16 heavy (non-hydrogen) atoms. The van der Waals surface area contributed by atoms with E-state index < -0.39 is 0 Å². The van der Waals surface area contributed by atoms with Crippen LogP contribution in [-0.2, 0) is 13.1 Å². The summed E-state index contributed by atoms with van der Waals surface area (Å²) in [5.41, 5.74) is 1.31. The molecule has 1 saturated heterocycles. The van der Waals surface area contributed by atoms with Gasteiger partial charge in [0.05, 0.1) is 5.69 Å². The summed E-state index contributed by atoms with van der Waals surface area (Å²) >= 11 is 2.11. The number of hydrogen-bond donors (Lipinski definition) is 1. The maximum atomic E-state index is 4.33. The highest BCUT2D eigenvalue weighted by Gasteiger charge is 2.14. The highest BCUT2D eigenvalue weighted by atomic mass is 32.2. The third-order valence-corrected chi connectivity index (χ3v) is 4.34. The number of thioether (sulfide) groups is 1. The molecule has 1 aromatic heterocycles. The first-order valence-electron chi connectivity index (χ1n) is 6.23. The fourth-order valence-electron chi connectivity index (χ4n) is 2.09. The summed E-state index contributed by atoms with van der Waals surface area (Å²) in [5.74, 6) is 1.35. The Labute approximate surface area is 102 Å². The normalized spacial score (nSPS) is 20.4. The molecule has 1 aliphatic rings. The first-order valence-corrected chi connectivity index (χ1v) is 7.28. The van der Waals surface area contributed by atoms with Gasteiger partial charge in [0, 0.05) is 31.1 Å². The highest BCUT2D eigenvalue weighted by Crippen LogP contribution is 2.25. The van der Waals surface area contributed by atoms with Gasteiger partial charge >= 0.3 is 0 Å². The SMILES string of the molecule is CCCn1nccc1CNCC1CCCS1. The van der Waals surface area contributed by atoms with Crippen LogP contribution in [0.4, 0.5) is 0 Å². The van der Waals surface area contributed by atoms with Crippen molar-refractivity contribution in [3.8, 4) is 0 Å². The molecule has 1 atom stereocenters. The van der Waals surface area contributed by atoms with E-state index in [0.717, 1.165) is 31.3 Å². The van der Waals surface area contributed by atoms with Gasteiger partial charge in [-0.2, -0.15) is 16.9 Å². The molecule has 0 amide bonds. The molecule has 90 valence electrons. The van der Waals surface area contributed by atoms with Crippen LogP contribution in [0, 0.1) is 0 Å². The van der Waals surface area contributed by atoms with Crippen molar-refractivity contribution in [2.45, 2.75) is 44.5 Å². The van der Waals surface area contributed by atoms with Crippen LogP contribution in [0.5, 0.6) is 0 Å². The Kier molecular flexibility index (Phi) is 4.72. The first-order chi connectivity index (χ1) is 7.90. The number of rotatable bonds is 6. The van der Waals surface area contributed by atoms with E-state index in [9.17, 15) is 0 Å². The third-order valence-electron chi connectivity index (χ3n) is 2.94. The second-order valence-electron chi connectivity index (χ2n) is 4.31. The van der Waals surface area contributed by atoms with Crippen molar-refractivity contribution >= 4 is 11.8 Å². The van der Waals surface area contributed by atoms with E-state index in [4.69, 9.17) is 0 Å². The maximum Gasteiger partial charge on any atom is 0.0522 e. The fraction of sp³-hybridized carbons (Fsp3) is 0.750. The lowest BCUT2D eigenvalue weighted by molar-refractivity contribution is 0.546. The Morgan fingerprint density at radius 3 is 3.31 bits per heavy atom. The van der Waals surface area contributed by atoms with Gasteiger partial charge in [0.2, 0.25) is 0 Å². The Morgan fingerprint density at radius 2 is 2.56 bits per heavy atom. The minimum atomic E-state index is 0.836. The van der Waals surface area contributed by atoms with Crippen molar-refractivity contribution in [3.63, 3.8) is 0 Å². The molecule has 3 nitrogen and oxygen atoms in total. The van der Waals surface area contributed by atoms with Crippen LogP contribution in [0.3, 0.4) is 0 Å². The van der Waals surface area contributed by atoms with E-state index in [1.807, 2.05) is 6.20 Å². The summed E-state index contributed by atoms with van der Waals surface area (Å²) in [7, 11) is 0. The lowest BCUT2D eigenvalue weighted by Crippen LogP contribution is -2.24. The van der Waals surface area contributed by atoms with E-state index >= 15 is 0 Å². The van der Waals surface area contributed by atoms with E-state index in [-0.39, 0.29) is 0 Å². The average molecular weight is 239 g/mol. The Hall–Kier alpha value is -0.480. The second-order valence-corrected chi connectivity index (χ2v) is 5.72. The van der Waals surface area contributed by atoms with Crippen LogP contribution in [0.2, 0.25) is 0 Å². The topological polar surface area (TPSA) is 29.9 Å². The molecule has 1 aliphatic heterocycles. The Morgan fingerprint density at radius 1 is 1.62 bits per heavy atom. The van der Waals surface area contributed by atoms with Crippen LogP contribution >= 0.6 is 11.8 Å². The van der Waals surface area contributed by atoms with Crippen LogP contribution in [0.15, 0.2) is 12.3 Å². The Bertz CT molecular complexity index is 305. The highest BCUT2D eigenvalue weighted by molar-refractivity contribution is 8.00. The molecule has 2 rings (SSSR count). The molecule has 1 fully saturated rings. The summed E-state index contributed by atoms with van der Waals surface area (Å²) in [6.07, 6.45) is 5.82. The van der Waals surface area contributed by atoms with Crippen LogP contribution < -0.4 is 5.32 Å². The van der Waals surface area contributed by atoms with Gasteiger partial charge in [-0.3, -0.25) is 4.68 Å². The summed E-state index contributed by atoms with van der Waals surface area (Å²) in [5, 5.41) is 8.71. The maximum absolute atomic E-state index is 4.33. The molecule has 0 bridgehead atoms. The van der Waals surface area contributed by atoms with Crippen molar-refractivity contribution in [2.24, 2.45) is 0 Å². The predicted octanol–water partition coefficient (Wildman–Crippen LogP) is 2.28. The van der Waals surface area contributed by atoms with Gasteiger partial charge in [-0.1, -0.05) is 6.92 Å². The summed E-state index contributed by atoms with van der Waals surface area (Å²) in [6, 6.07) is 2.12. The molecule has 1 N–H and O–H groups in total. The van der Waals surface area contributed by atoms with Gasteiger partial charge < -0.3 is 5.32 Å². The molecule has 0 aliphatic carbocycles. The number of aromatic nitrogens is 2. The molecule has 0 spiro atoms. The zero-order valence-electron chi connectivity index (χ0n) is 9.98. The molecular formula is C12H21N3S. The van der Waals surface area contributed by atoms with Crippen LogP contribution in [0.1, 0.15) is 31.9 Å². The van der Waals surface area contributed by atoms with Crippen LogP contribution in [0.25, 0.3) is 0 Å². The van der Waals surface area contributed by atoms with Crippen molar-refractivity contribution < 1.29 is 0 Å². The number of nitrogens with one attached hydrogen (secondary N) is 1. The number of hydrogen-bond acceptors (Lipinski definition) is 3. The van der Waals surface area contributed by atoms with E-state index in [2.05, 4.69) is 39.8 Å². The van der Waals surface area contributed by atoms with Crippen molar-refractivity contribution in [3.05, 3.63) is 18.0 Å². The standard InChI is InChI=1S/C12H21N3S/c1-2-7-15-11(5-6-14-15)9-13-10-12-4-3-8-16-12/h5-6,12-13H,2-4,7-10H2,1H3. The molecule has 1 unspecified atom stereocenters. The average Bonchev–Trinajstić information content (AvgIpc) is 2.91. The first kappa shape index (κ1) is 12.0. The van der Waals surface area contributed by atoms with E-state index in [1.165, 1.54) is 24.3 Å². The van der Waals surface area contributed by atoms with Crippen molar-refractivity contribution in [1.29, 1.82) is 0 Å². The largest absolute Gasteiger partial charge is 0.310 e. The second kappa shape index (κ2) is 6.30. The van der Waals surface area contributed by atoms with E-state index in [0.29, 0.717) is 0 Å². The zero-order valence-corrected chi connectivity index (χ0v) is 10.8. The molecule has 0 saturated carbocycles. The van der Waals surface area contributed by atoms with Gasteiger partial charge in [-0.25, -0.2) is 0 Å². The molecule has 4 heteroatoms. The lowest BCUT2D eigenvalue weighted by Gasteiger charge is -2.11. The molecule has 1 aromatic rings. The summed E-state index contributed by atoms with van der Waals surface area (Å²) in [6.45, 7) is 5.31. The summed E-state index contributed by atoms with van der Waals surface area (Å²) < 4.78 is 2.11. The summed E-state index contributed by atoms with van der Waals surface area (Å²) in [4.78, 5) is 0. The fourth-order valence-corrected chi connectivity index (χ4v) is 3.33. The predicted molar refractivity (Wildman–Crippen MR) is 69.7 cm³/mol. The lowest BCUT2D eigenvalue weighted by atomic mass is 10.2. The molecular weight excluding hydrogens is 218 g/mol. The number of aryl methyl sites for hydroxylation is 1. The van der Waals surface area contributed by atoms with Gasteiger partial charge in [-0.05, 0) is 31.1 Å². The molecule has 2 heterocycles. The van der Waals surface area contributed by atoms with Gasteiger partial charge in [0.25, 0.3) is 0 Å². The number of nitrogens with zero attached hydrogens (tertiary/aromatic N) is 2. The van der Waals surface area contributed by atoms with Crippen molar-refractivity contribution in [2.75, 3.05) is 12.3 Å². The van der Waals surface area contributed by atoms with Crippen LogP contribution in [-0.4, -0.2) is 27.3 Å². The minimum absolute atomic E-state index is 0.836. The zero-order chi connectivity index (χ0) is 11.2. The van der Waals surface area contributed by atoms with Gasteiger partial charge in [0.1, 0.15) is 0 Å². The van der Waals surface area contributed by atoms with Crippen molar-refractivity contribution in [1.82, 2.24) is 15.1 Å². The minimum Gasteiger partial charge on any atom is -0.310 e. The third kappa shape index (κ3) is 3.25. The van der Waals surface area contributed by atoms with Gasteiger partial charge in [0.15, 0.2) is 0 Å². The quantitative estimate of drug-likeness (QED) is 0.826. The Balaban J connectivity index is 1.73. The monoisotopic (exact) mass is 239 g/mol. The molecule has 0 radical (unpaired) electrons. The molecule has 0 aromatic carbocycles. The van der Waals surface area contributed by atoms with Gasteiger partial charge in [-0.15, -0.1) is 0 Å².